The Morgan fingerprint density at radius 3 is 2.02 bits per heavy atom. The number of sulfone groups is 1. The van der Waals surface area contributed by atoms with E-state index in [1.165, 1.54) is 6.07 Å². The van der Waals surface area contributed by atoms with Crippen LogP contribution in [-0.4, -0.2) is 55.7 Å². The zero-order valence-electron chi connectivity index (χ0n) is 31.1. The monoisotopic (exact) mass is 863 g/mol. The van der Waals surface area contributed by atoms with E-state index in [0.717, 1.165) is 84.3 Å². The lowest BCUT2D eigenvalue weighted by Gasteiger charge is -2.37. The fourth-order valence-corrected chi connectivity index (χ4v) is 9.42. The van der Waals surface area contributed by atoms with Gasteiger partial charge in [0.25, 0.3) is 9.84 Å². The molecule has 7 rings (SSSR count). The van der Waals surface area contributed by atoms with Crippen LogP contribution < -0.4 is 19.2 Å². The zero-order valence-corrected chi connectivity index (χ0v) is 34.3. The molecule has 0 saturated carbocycles. The van der Waals surface area contributed by atoms with Crippen molar-refractivity contribution in [2.24, 2.45) is 7.05 Å². The number of aromatic carboxylic acids is 1. The van der Waals surface area contributed by atoms with Gasteiger partial charge in [-0.3, -0.25) is 0 Å². The van der Waals surface area contributed by atoms with Gasteiger partial charge < -0.3 is 28.9 Å². The molecule has 6 aromatic rings. The summed E-state index contributed by atoms with van der Waals surface area (Å²) in [5.41, 5.74) is 1.04. The van der Waals surface area contributed by atoms with Gasteiger partial charge in [-0.25, -0.2) is 13.2 Å². The van der Waals surface area contributed by atoms with Crippen LogP contribution in [-0.2, 0) is 16.9 Å². The molecule has 0 radical (unpaired) electrons. The summed E-state index contributed by atoms with van der Waals surface area (Å²) in [7, 11) is -3.77. The Morgan fingerprint density at radius 2 is 1.38 bits per heavy atom. The highest BCUT2D eigenvalue weighted by Crippen LogP contribution is 2.41. The van der Waals surface area contributed by atoms with Crippen LogP contribution in [0.2, 0.25) is 5.02 Å². The molecule has 1 aliphatic heterocycles. The van der Waals surface area contributed by atoms with Gasteiger partial charge in [-0.2, -0.15) is 13.2 Å². The van der Waals surface area contributed by atoms with Crippen molar-refractivity contribution in [2.75, 3.05) is 45.4 Å². The second kappa shape index (κ2) is 16.9. The molecule has 9 nitrogen and oxygen atoms in total. The van der Waals surface area contributed by atoms with E-state index in [1.807, 2.05) is 79.2 Å². The van der Waals surface area contributed by atoms with E-state index in [0.29, 0.717) is 26.9 Å². The number of rotatable bonds is 12. The standard InChI is InChI=1S/C42H37ClF3N5O4S3/c1-27-38(41(52)53)39(40(49(27)2)28-11-13-30(43)14-12-28)29-7-6-8-33(25-29)51-23-21-50(22-24-51)32-17-15-31(16-18-32)47-57-35-19-20-36(48-56-34-9-4-3-5-10-34)37(26-35)58(54,55)42(44,45)46/h3-20,25-26,47-48H,21-24H2,1-2H3,(H,52,53). The number of hydrogen-bond acceptors (Lipinski definition) is 9. The molecule has 2 heterocycles. The number of nitrogens with zero attached hydrogens (tertiary/aromatic N) is 3. The van der Waals surface area contributed by atoms with Gasteiger partial charge in [0.15, 0.2) is 0 Å². The summed E-state index contributed by atoms with van der Waals surface area (Å²) in [6.45, 7) is 4.71. The Balaban J connectivity index is 1.01. The van der Waals surface area contributed by atoms with E-state index in [1.54, 1.807) is 48.5 Å². The molecule has 3 N–H and O–H groups in total. The highest BCUT2D eigenvalue weighted by molar-refractivity contribution is 8.01. The van der Waals surface area contributed by atoms with E-state index < -0.39 is 26.2 Å². The predicted octanol–water partition coefficient (Wildman–Crippen LogP) is 10.9. The van der Waals surface area contributed by atoms with Crippen LogP contribution in [0.5, 0.6) is 0 Å². The van der Waals surface area contributed by atoms with Crippen molar-refractivity contribution in [3.8, 4) is 22.4 Å². The molecule has 300 valence electrons. The summed E-state index contributed by atoms with van der Waals surface area (Å²) in [6, 6.07) is 35.7. The molecule has 1 aliphatic rings. The van der Waals surface area contributed by atoms with Crippen molar-refractivity contribution in [3.05, 3.63) is 138 Å². The average molecular weight is 864 g/mol. The van der Waals surface area contributed by atoms with Crippen LogP contribution in [0.3, 0.4) is 0 Å². The molecule has 16 heteroatoms. The Bertz CT molecular complexity index is 2550. The molecule has 0 atom stereocenters. The number of benzene rings is 5. The summed E-state index contributed by atoms with van der Waals surface area (Å²) < 4.78 is 73.9. The number of aromatic nitrogens is 1. The third kappa shape index (κ3) is 8.63. The van der Waals surface area contributed by atoms with Crippen molar-refractivity contribution >= 4 is 74.1 Å². The van der Waals surface area contributed by atoms with Crippen LogP contribution in [0.15, 0.2) is 136 Å². The Morgan fingerprint density at radius 1 is 0.741 bits per heavy atom. The van der Waals surface area contributed by atoms with E-state index in [9.17, 15) is 31.5 Å². The number of hydrogen-bond donors (Lipinski definition) is 3. The van der Waals surface area contributed by atoms with E-state index in [4.69, 9.17) is 11.6 Å². The van der Waals surface area contributed by atoms with Gasteiger partial charge in [0, 0.05) is 76.4 Å². The molecule has 1 fully saturated rings. The number of anilines is 4. The maximum Gasteiger partial charge on any atom is 0.501 e. The molecule has 0 spiro atoms. The minimum absolute atomic E-state index is 0.172. The number of carboxylic acid groups (broad SMARTS) is 1. The predicted molar refractivity (Wildman–Crippen MR) is 229 cm³/mol. The summed E-state index contributed by atoms with van der Waals surface area (Å²) in [6.07, 6.45) is 0. The molecule has 5 aromatic carbocycles. The summed E-state index contributed by atoms with van der Waals surface area (Å²) in [5, 5.41) is 10.9. The summed E-state index contributed by atoms with van der Waals surface area (Å²) in [5.74, 6) is -0.992. The van der Waals surface area contributed by atoms with E-state index in [2.05, 4.69) is 19.2 Å². The zero-order chi connectivity index (χ0) is 41.2. The smallest absolute Gasteiger partial charge is 0.478 e. The fourth-order valence-electron chi connectivity index (χ4n) is 6.83. The Labute approximate surface area is 348 Å². The first-order valence-electron chi connectivity index (χ1n) is 18.0. The molecular formula is C42H37ClF3N5O4S3. The third-order valence-electron chi connectivity index (χ3n) is 9.89. The number of alkyl halides is 3. The number of piperazine rings is 1. The number of carbonyl (C=O) groups is 1. The van der Waals surface area contributed by atoms with Crippen molar-refractivity contribution in [3.63, 3.8) is 0 Å². The normalized spacial score (nSPS) is 13.4. The van der Waals surface area contributed by atoms with Crippen LogP contribution in [0, 0.1) is 6.92 Å². The minimum atomic E-state index is -5.64. The van der Waals surface area contributed by atoms with E-state index >= 15 is 0 Å². The van der Waals surface area contributed by atoms with Crippen LogP contribution >= 0.6 is 35.5 Å². The molecule has 1 aromatic heterocycles. The van der Waals surface area contributed by atoms with Gasteiger partial charge in [-0.1, -0.05) is 54.1 Å². The maximum absolute atomic E-state index is 13.7. The summed E-state index contributed by atoms with van der Waals surface area (Å²) >= 11 is 8.19. The minimum Gasteiger partial charge on any atom is -0.478 e. The fraction of sp³-hybridized carbons (Fsp3) is 0.167. The van der Waals surface area contributed by atoms with Gasteiger partial charge in [-0.05, 0) is 121 Å². The van der Waals surface area contributed by atoms with Gasteiger partial charge in [0.2, 0.25) is 0 Å². The first kappa shape index (κ1) is 41.0. The van der Waals surface area contributed by atoms with Crippen LogP contribution in [0.1, 0.15) is 16.1 Å². The van der Waals surface area contributed by atoms with Crippen molar-refractivity contribution in [2.45, 2.75) is 27.1 Å². The van der Waals surface area contributed by atoms with Crippen molar-refractivity contribution < 1.29 is 31.5 Å². The topological polar surface area (TPSA) is 107 Å². The van der Waals surface area contributed by atoms with E-state index in [-0.39, 0.29) is 16.1 Å². The second-order valence-corrected chi connectivity index (χ2v) is 17.6. The highest BCUT2D eigenvalue weighted by atomic mass is 35.5. The van der Waals surface area contributed by atoms with Gasteiger partial charge in [-0.15, -0.1) is 0 Å². The second-order valence-electron chi connectivity index (χ2n) is 13.5. The highest BCUT2D eigenvalue weighted by Gasteiger charge is 2.48. The molecule has 0 unspecified atom stereocenters. The Kier molecular flexibility index (Phi) is 12.0. The number of nitrogens with one attached hydrogen (secondary N) is 2. The van der Waals surface area contributed by atoms with Crippen LogP contribution in [0.25, 0.3) is 22.4 Å². The summed E-state index contributed by atoms with van der Waals surface area (Å²) in [4.78, 5) is 17.2. The first-order valence-corrected chi connectivity index (χ1v) is 21.5. The molecule has 0 aliphatic carbocycles. The quantitative estimate of drug-likeness (QED) is 0.103. The van der Waals surface area contributed by atoms with Gasteiger partial charge in [0.1, 0.15) is 4.90 Å². The lowest BCUT2D eigenvalue weighted by molar-refractivity contribution is -0.0435. The van der Waals surface area contributed by atoms with Crippen molar-refractivity contribution in [1.82, 2.24) is 4.57 Å². The lowest BCUT2D eigenvalue weighted by Crippen LogP contribution is -2.46. The lowest BCUT2D eigenvalue weighted by atomic mass is 9.96. The molecular weight excluding hydrogens is 827 g/mol. The molecule has 0 amide bonds. The molecule has 58 heavy (non-hydrogen) atoms. The van der Waals surface area contributed by atoms with Crippen molar-refractivity contribution in [1.29, 1.82) is 0 Å². The van der Waals surface area contributed by atoms with Crippen LogP contribution in [0.4, 0.5) is 35.9 Å². The number of carboxylic acids is 1. The van der Waals surface area contributed by atoms with Gasteiger partial charge in [0.05, 0.1) is 16.9 Å². The molecule has 1 saturated heterocycles. The Hall–Kier alpha value is -5.22. The largest absolute Gasteiger partial charge is 0.501 e. The first-order chi connectivity index (χ1) is 27.7. The maximum atomic E-state index is 13.7. The third-order valence-corrected chi connectivity index (χ3v) is 13.3. The number of halogens is 4. The SMILES string of the molecule is Cc1c(C(=O)O)c(-c2cccc(N3CCN(c4ccc(NSc5ccc(NSc6ccccc6)c(S(=O)(=O)C(F)(F)F)c5)cc4)CC3)c2)c(-c2ccc(Cl)cc2)n1C. The molecule has 0 bridgehead atoms. The average Bonchev–Trinajstić information content (AvgIpc) is 3.49. The van der Waals surface area contributed by atoms with Gasteiger partial charge >= 0.3 is 11.5 Å².